The SMILES string of the molecule is CCCCCCOc1ccc(PC(=O)c2c(Cl)cccc2Cl)c(OCCCCCC)c1.[Li]. The van der Waals surface area contributed by atoms with E-state index in [9.17, 15) is 4.79 Å². The molecule has 0 aliphatic heterocycles. The van der Waals surface area contributed by atoms with Crippen LogP contribution >= 0.6 is 31.8 Å². The van der Waals surface area contributed by atoms with Crippen LogP contribution in [0.3, 0.4) is 0 Å². The average Bonchev–Trinajstić information content (AvgIpc) is 2.75. The topological polar surface area (TPSA) is 35.5 Å². The molecule has 7 heteroatoms. The summed E-state index contributed by atoms with van der Waals surface area (Å²) in [6, 6.07) is 10.8. The summed E-state index contributed by atoms with van der Waals surface area (Å²) < 4.78 is 12.0. The molecule has 2 aromatic carbocycles. The van der Waals surface area contributed by atoms with E-state index in [2.05, 4.69) is 13.8 Å². The van der Waals surface area contributed by atoms with Crippen LogP contribution in [-0.4, -0.2) is 37.6 Å². The molecule has 3 nitrogen and oxygen atoms in total. The minimum atomic E-state index is -0.130. The van der Waals surface area contributed by atoms with E-state index >= 15 is 0 Å². The van der Waals surface area contributed by atoms with E-state index < -0.39 is 0 Å². The predicted molar refractivity (Wildman–Crippen MR) is 140 cm³/mol. The zero-order valence-electron chi connectivity index (χ0n) is 19.5. The van der Waals surface area contributed by atoms with Gasteiger partial charge in [-0.15, -0.1) is 0 Å². The van der Waals surface area contributed by atoms with E-state index in [1.807, 2.05) is 18.2 Å². The van der Waals surface area contributed by atoms with Crippen molar-refractivity contribution < 1.29 is 14.3 Å². The Morgan fingerprint density at radius 2 is 1.44 bits per heavy atom. The zero-order valence-corrected chi connectivity index (χ0v) is 22.0. The first-order chi connectivity index (χ1) is 15.1. The molecule has 0 fully saturated rings. The van der Waals surface area contributed by atoms with Gasteiger partial charge in [-0.1, -0.05) is 81.6 Å². The van der Waals surface area contributed by atoms with Crippen molar-refractivity contribution >= 4 is 61.5 Å². The number of carbonyl (C=O) groups excluding carboxylic acids is 1. The number of halogens is 2. The normalized spacial score (nSPS) is 10.9. The largest absolute Gasteiger partial charge is 0.493 e. The molecule has 2 rings (SSSR count). The van der Waals surface area contributed by atoms with Crippen molar-refractivity contribution in [1.82, 2.24) is 0 Å². The number of unbranched alkanes of at least 4 members (excludes halogenated alkanes) is 6. The molecule has 0 heterocycles. The van der Waals surface area contributed by atoms with Gasteiger partial charge in [0.25, 0.3) is 0 Å². The summed E-state index contributed by atoms with van der Waals surface area (Å²) in [7, 11) is -0.130. The Kier molecular flexibility index (Phi) is 15.5. The van der Waals surface area contributed by atoms with Gasteiger partial charge in [0.1, 0.15) is 11.5 Å². The van der Waals surface area contributed by atoms with Gasteiger partial charge in [-0.2, -0.15) is 0 Å². The van der Waals surface area contributed by atoms with Crippen molar-refractivity contribution in [2.24, 2.45) is 0 Å². The van der Waals surface area contributed by atoms with Gasteiger partial charge in [-0.3, -0.25) is 4.79 Å². The van der Waals surface area contributed by atoms with Gasteiger partial charge in [0.2, 0.25) is 0 Å². The summed E-state index contributed by atoms with van der Waals surface area (Å²) in [6.07, 6.45) is 9.14. The van der Waals surface area contributed by atoms with Crippen LogP contribution in [0.15, 0.2) is 36.4 Å². The van der Waals surface area contributed by atoms with Gasteiger partial charge in [0, 0.05) is 30.2 Å². The van der Waals surface area contributed by atoms with Crippen molar-refractivity contribution in [3.63, 3.8) is 0 Å². The summed E-state index contributed by atoms with van der Waals surface area (Å²) in [5, 5.41) is 1.59. The molecule has 0 aliphatic rings. The molecule has 0 aromatic heterocycles. The first-order valence-electron chi connectivity index (χ1n) is 11.2. The van der Waals surface area contributed by atoms with E-state index in [1.165, 1.54) is 32.1 Å². The van der Waals surface area contributed by atoms with Crippen LogP contribution < -0.4 is 14.8 Å². The standard InChI is InChI=1S/C25H33Cl2O3P.Li/c1-3-5-7-9-16-29-19-14-15-23(22(18-19)30-17-10-8-6-4-2)31-25(28)24-20(26)12-11-13-21(24)27;/h11-15,18,31H,3-10,16-17H2,1-2H3;. The number of carbonyl (C=O) groups is 1. The molecule has 171 valence electrons. The van der Waals surface area contributed by atoms with Gasteiger partial charge in [0.05, 0.1) is 28.8 Å². The van der Waals surface area contributed by atoms with Crippen LogP contribution in [0.5, 0.6) is 11.5 Å². The maximum absolute atomic E-state index is 12.9. The second-order valence-electron chi connectivity index (χ2n) is 7.53. The van der Waals surface area contributed by atoms with Crippen molar-refractivity contribution in [1.29, 1.82) is 0 Å². The molecule has 1 radical (unpaired) electrons. The molecule has 0 saturated heterocycles. The quantitative estimate of drug-likeness (QED) is 0.146. The molecule has 1 unspecified atom stereocenters. The Hall–Kier alpha value is -0.683. The van der Waals surface area contributed by atoms with E-state index in [4.69, 9.17) is 32.7 Å². The van der Waals surface area contributed by atoms with Crippen LogP contribution in [0.1, 0.15) is 75.6 Å². The molecule has 0 aliphatic carbocycles. The fourth-order valence-corrected chi connectivity index (χ4v) is 4.95. The van der Waals surface area contributed by atoms with Gasteiger partial charge in [-0.05, 0) is 45.7 Å². The second kappa shape index (κ2) is 16.9. The summed E-state index contributed by atoms with van der Waals surface area (Å²) in [5.74, 6) is 1.48. The molecule has 0 bridgehead atoms. The molecular formula is C25H33Cl2LiO3P. The number of ether oxygens (including phenoxy) is 2. The monoisotopic (exact) mass is 489 g/mol. The number of benzene rings is 2. The number of rotatable bonds is 15. The maximum Gasteiger partial charge on any atom is 0.188 e. The van der Waals surface area contributed by atoms with Crippen LogP contribution in [0.25, 0.3) is 0 Å². The summed E-state index contributed by atoms with van der Waals surface area (Å²) in [4.78, 5) is 12.9. The van der Waals surface area contributed by atoms with Gasteiger partial charge < -0.3 is 9.47 Å². The summed E-state index contributed by atoms with van der Waals surface area (Å²) in [5.41, 5.74) is 0.272. The van der Waals surface area contributed by atoms with Crippen LogP contribution in [0, 0.1) is 0 Å². The molecule has 1 atom stereocenters. The molecular weight excluding hydrogens is 457 g/mol. The third kappa shape index (κ3) is 10.1. The van der Waals surface area contributed by atoms with E-state index in [0.29, 0.717) is 34.6 Å². The fourth-order valence-electron chi connectivity index (χ4n) is 3.14. The van der Waals surface area contributed by atoms with Gasteiger partial charge >= 0.3 is 0 Å². The Balaban J connectivity index is 0.00000512. The third-order valence-corrected chi connectivity index (χ3v) is 6.70. The summed E-state index contributed by atoms with van der Waals surface area (Å²) in [6.45, 7) is 5.69. The average molecular weight is 490 g/mol. The third-order valence-electron chi connectivity index (χ3n) is 4.91. The Bertz CT molecular complexity index is 813. The molecule has 0 N–H and O–H groups in total. The molecule has 32 heavy (non-hydrogen) atoms. The van der Waals surface area contributed by atoms with E-state index in [0.717, 1.165) is 30.3 Å². The molecule has 2 aromatic rings. The van der Waals surface area contributed by atoms with Gasteiger partial charge in [0.15, 0.2) is 5.52 Å². The van der Waals surface area contributed by atoms with Crippen LogP contribution in [0.4, 0.5) is 0 Å². The van der Waals surface area contributed by atoms with Gasteiger partial charge in [-0.25, -0.2) is 0 Å². The first kappa shape index (κ1) is 29.3. The minimum absolute atomic E-state index is 0. The Morgan fingerprint density at radius 3 is 2.03 bits per heavy atom. The molecule has 0 saturated carbocycles. The predicted octanol–water partition coefficient (Wildman–Crippen LogP) is 7.68. The van der Waals surface area contributed by atoms with Crippen LogP contribution in [-0.2, 0) is 0 Å². The van der Waals surface area contributed by atoms with Crippen molar-refractivity contribution in [2.45, 2.75) is 65.2 Å². The van der Waals surface area contributed by atoms with Crippen molar-refractivity contribution in [3.8, 4) is 11.5 Å². The first-order valence-corrected chi connectivity index (χ1v) is 13.0. The maximum atomic E-state index is 12.9. The Morgan fingerprint density at radius 1 is 0.844 bits per heavy atom. The number of hydrogen-bond acceptors (Lipinski definition) is 3. The Labute approximate surface area is 216 Å². The van der Waals surface area contributed by atoms with Crippen LogP contribution in [0.2, 0.25) is 10.0 Å². The minimum Gasteiger partial charge on any atom is -0.493 e. The van der Waals surface area contributed by atoms with Crippen molar-refractivity contribution in [3.05, 3.63) is 52.0 Å². The van der Waals surface area contributed by atoms with E-state index in [1.54, 1.807) is 18.2 Å². The van der Waals surface area contributed by atoms with E-state index in [-0.39, 0.29) is 33.0 Å². The zero-order chi connectivity index (χ0) is 22.5. The number of hydrogen-bond donors (Lipinski definition) is 0. The second-order valence-corrected chi connectivity index (χ2v) is 9.58. The smallest absolute Gasteiger partial charge is 0.188 e. The molecule has 0 spiro atoms. The molecule has 0 amide bonds. The fraction of sp³-hybridized carbons (Fsp3) is 0.480. The van der Waals surface area contributed by atoms with Crippen molar-refractivity contribution in [2.75, 3.05) is 13.2 Å². The summed E-state index contributed by atoms with van der Waals surface area (Å²) >= 11 is 12.5.